The van der Waals surface area contributed by atoms with E-state index in [4.69, 9.17) is 0 Å². The first-order valence-electron chi connectivity index (χ1n) is 2.70. The van der Waals surface area contributed by atoms with Gasteiger partial charge in [-0.05, 0) is 6.07 Å². The second-order valence-electron chi connectivity index (χ2n) is 1.83. The van der Waals surface area contributed by atoms with Crippen molar-refractivity contribution in [3.63, 3.8) is 0 Å². The number of aromatic nitrogens is 3. The minimum atomic E-state index is 0. The number of nitrogens with zero attached hydrogens (tertiary/aromatic N) is 2. The van der Waals surface area contributed by atoms with E-state index in [1.54, 1.807) is 18.6 Å². The van der Waals surface area contributed by atoms with Gasteiger partial charge in [-0.1, -0.05) is 0 Å². The Bertz CT molecular complexity index is 287. The van der Waals surface area contributed by atoms with Crippen LogP contribution in [0, 0.1) is 0 Å². The van der Waals surface area contributed by atoms with Gasteiger partial charge in [0.25, 0.3) is 0 Å². The van der Waals surface area contributed by atoms with Crippen molar-refractivity contribution in [2.24, 2.45) is 0 Å². The van der Waals surface area contributed by atoms with Crippen LogP contribution in [0.4, 0.5) is 0 Å². The summed E-state index contributed by atoms with van der Waals surface area (Å²) in [7, 11) is 0. The molecule has 0 amide bonds. The van der Waals surface area contributed by atoms with Gasteiger partial charge in [-0.3, -0.25) is 10.1 Å². The molecule has 0 atom stereocenters. The van der Waals surface area contributed by atoms with E-state index in [9.17, 15) is 0 Å². The van der Waals surface area contributed by atoms with Gasteiger partial charge < -0.3 is 0 Å². The first kappa shape index (κ1) is 7.02. The van der Waals surface area contributed by atoms with Crippen LogP contribution in [-0.4, -0.2) is 15.2 Å². The minimum Gasteiger partial charge on any atom is -0.278 e. The second-order valence-corrected chi connectivity index (χ2v) is 1.83. The molecule has 10 heavy (non-hydrogen) atoms. The monoisotopic (exact) mass is 155 g/mol. The zero-order valence-corrected chi connectivity index (χ0v) is 5.93. The van der Waals surface area contributed by atoms with Crippen LogP contribution in [0.2, 0.25) is 0 Å². The molecule has 3 nitrogen and oxygen atoms in total. The Morgan fingerprint density at radius 1 is 1.30 bits per heavy atom. The third-order valence-corrected chi connectivity index (χ3v) is 1.24. The first-order chi connectivity index (χ1) is 4.47. The summed E-state index contributed by atoms with van der Waals surface area (Å²) in [6.45, 7) is 0. The van der Waals surface area contributed by atoms with Crippen LogP contribution in [0.3, 0.4) is 0 Å². The lowest BCUT2D eigenvalue weighted by Crippen LogP contribution is -1.68. The Morgan fingerprint density at radius 3 is 3.00 bits per heavy atom. The van der Waals surface area contributed by atoms with E-state index >= 15 is 0 Å². The number of fused-ring (bicyclic) bond motifs is 1. The lowest BCUT2D eigenvalue weighted by Gasteiger charge is -1.80. The van der Waals surface area contributed by atoms with Crippen LogP contribution in [0.1, 0.15) is 0 Å². The van der Waals surface area contributed by atoms with Crippen LogP contribution >= 0.6 is 12.4 Å². The van der Waals surface area contributed by atoms with Crippen molar-refractivity contribution < 1.29 is 0 Å². The molecular weight excluding hydrogens is 150 g/mol. The number of aromatic amines is 1. The molecule has 0 aromatic carbocycles. The van der Waals surface area contributed by atoms with Gasteiger partial charge in [0.05, 0.1) is 11.7 Å². The van der Waals surface area contributed by atoms with Gasteiger partial charge in [0, 0.05) is 17.8 Å². The zero-order chi connectivity index (χ0) is 6.10. The topological polar surface area (TPSA) is 41.6 Å². The first-order valence-corrected chi connectivity index (χ1v) is 2.70. The van der Waals surface area contributed by atoms with Crippen molar-refractivity contribution in [1.29, 1.82) is 0 Å². The fourth-order valence-electron chi connectivity index (χ4n) is 0.783. The van der Waals surface area contributed by atoms with Gasteiger partial charge >= 0.3 is 0 Å². The van der Waals surface area contributed by atoms with Crippen molar-refractivity contribution in [1.82, 2.24) is 15.2 Å². The van der Waals surface area contributed by atoms with E-state index in [0.29, 0.717) is 0 Å². The molecule has 2 aromatic heterocycles. The lowest BCUT2D eigenvalue weighted by atomic mass is 10.3. The molecule has 0 aliphatic heterocycles. The number of nitrogens with one attached hydrogen (secondary N) is 1. The third-order valence-electron chi connectivity index (χ3n) is 1.24. The predicted molar refractivity (Wildman–Crippen MR) is 41.1 cm³/mol. The van der Waals surface area contributed by atoms with Gasteiger partial charge in [-0.25, -0.2) is 0 Å². The van der Waals surface area contributed by atoms with Crippen LogP contribution < -0.4 is 0 Å². The van der Waals surface area contributed by atoms with Crippen molar-refractivity contribution in [3.8, 4) is 0 Å². The molecule has 0 radical (unpaired) electrons. The number of halogens is 1. The SMILES string of the molecule is Cl.c1cc2[nH]ncc2cn1. The van der Waals surface area contributed by atoms with E-state index in [1.165, 1.54) is 0 Å². The Kier molecular flexibility index (Phi) is 1.87. The molecule has 0 fully saturated rings. The van der Waals surface area contributed by atoms with Gasteiger partial charge in [-0.2, -0.15) is 5.10 Å². The molecule has 52 valence electrons. The average molecular weight is 156 g/mol. The summed E-state index contributed by atoms with van der Waals surface area (Å²) in [5.41, 5.74) is 1.03. The maximum absolute atomic E-state index is 3.93. The molecule has 2 heterocycles. The summed E-state index contributed by atoms with van der Waals surface area (Å²) >= 11 is 0. The largest absolute Gasteiger partial charge is 0.278 e. The van der Waals surface area contributed by atoms with Crippen LogP contribution in [0.25, 0.3) is 10.9 Å². The molecule has 0 aliphatic carbocycles. The summed E-state index contributed by atoms with van der Waals surface area (Å²) < 4.78 is 0. The molecule has 2 rings (SSSR count). The fourth-order valence-corrected chi connectivity index (χ4v) is 0.783. The van der Waals surface area contributed by atoms with Crippen molar-refractivity contribution in [3.05, 3.63) is 24.7 Å². The summed E-state index contributed by atoms with van der Waals surface area (Å²) in [5, 5.41) is 7.72. The fraction of sp³-hybridized carbons (Fsp3) is 0. The molecule has 2 aromatic rings. The Morgan fingerprint density at radius 2 is 2.20 bits per heavy atom. The highest BCUT2D eigenvalue weighted by Crippen LogP contribution is 2.04. The van der Waals surface area contributed by atoms with Gasteiger partial charge in [0.2, 0.25) is 0 Å². The van der Waals surface area contributed by atoms with Crippen LogP contribution in [-0.2, 0) is 0 Å². The highest BCUT2D eigenvalue weighted by molar-refractivity contribution is 5.85. The molecule has 0 saturated heterocycles. The number of hydrogen-bond donors (Lipinski definition) is 1. The van der Waals surface area contributed by atoms with E-state index in [-0.39, 0.29) is 12.4 Å². The van der Waals surface area contributed by atoms with Crippen molar-refractivity contribution in [2.75, 3.05) is 0 Å². The van der Waals surface area contributed by atoms with Gasteiger partial charge in [-0.15, -0.1) is 12.4 Å². The third kappa shape index (κ3) is 0.953. The summed E-state index contributed by atoms with van der Waals surface area (Å²) in [6, 6.07) is 1.89. The zero-order valence-electron chi connectivity index (χ0n) is 5.11. The standard InChI is InChI=1S/C6H5N3.ClH/c1-2-7-3-5-4-8-9-6(1)5;/h1-4H,(H,8,9);1H. The molecule has 4 heteroatoms. The lowest BCUT2D eigenvalue weighted by molar-refractivity contribution is 1.12. The van der Waals surface area contributed by atoms with E-state index in [0.717, 1.165) is 10.9 Å². The Balaban J connectivity index is 0.000000500. The van der Waals surface area contributed by atoms with Crippen molar-refractivity contribution >= 4 is 23.3 Å². The predicted octanol–water partition coefficient (Wildman–Crippen LogP) is 1.38. The molecule has 0 saturated carbocycles. The summed E-state index contributed by atoms with van der Waals surface area (Å²) in [5.74, 6) is 0. The highest BCUT2D eigenvalue weighted by Gasteiger charge is 1.89. The highest BCUT2D eigenvalue weighted by atomic mass is 35.5. The number of pyridine rings is 1. The normalized spacial score (nSPS) is 9.20. The van der Waals surface area contributed by atoms with Crippen LogP contribution in [0.5, 0.6) is 0 Å². The maximum Gasteiger partial charge on any atom is 0.0681 e. The molecule has 0 unspecified atom stereocenters. The summed E-state index contributed by atoms with van der Waals surface area (Å²) in [4.78, 5) is 3.93. The Hall–Kier alpha value is -1.09. The molecule has 0 spiro atoms. The summed E-state index contributed by atoms with van der Waals surface area (Å²) in [6.07, 6.45) is 5.27. The van der Waals surface area contributed by atoms with Gasteiger partial charge in [0.1, 0.15) is 0 Å². The molecule has 0 bridgehead atoms. The quantitative estimate of drug-likeness (QED) is 0.625. The minimum absolute atomic E-state index is 0. The smallest absolute Gasteiger partial charge is 0.0681 e. The van der Waals surface area contributed by atoms with Crippen LogP contribution in [0.15, 0.2) is 24.7 Å². The second kappa shape index (κ2) is 2.66. The maximum atomic E-state index is 3.93. The molecule has 0 aliphatic rings. The van der Waals surface area contributed by atoms with E-state index in [2.05, 4.69) is 15.2 Å². The van der Waals surface area contributed by atoms with Crippen molar-refractivity contribution in [2.45, 2.75) is 0 Å². The van der Waals surface area contributed by atoms with Gasteiger partial charge in [0.15, 0.2) is 0 Å². The van der Waals surface area contributed by atoms with E-state index < -0.39 is 0 Å². The number of H-pyrrole nitrogens is 1. The molecular formula is C6H6ClN3. The Labute approximate surface area is 63.9 Å². The molecule has 1 N–H and O–H groups in total. The number of rotatable bonds is 0. The van der Waals surface area contributed by atoms with E-state index in [1.807, 2.05) is 6.07 Å². The average Bonchev–Trinajstić information content (AvgIpc) is 2.33. The number of hydrogen-bond acceptors (Lipinski definition) is 2.